The number of aromatic nitrogens is 1. The second-order valence-corrected chi connectivity index (χ2v) is 16.9. The van der Waals surface area contributed by atoms with E-state index in [-0.39, 0.29) is 29.4 Å². The quantitative estimate of drug-likeness (QED) is 0.366. The van der Waals surface area contributed by atoms with Crippen LogP contribution in [0.5, 0.6) is 0 Å². The highest BCUT2D eigenvalue weighted by Gasteiger charge is 2.61. The Morgan fingerprint density at radius 2 is 1.70 bits per heavy atom. The van der Waals surface area contributed by atoms with Crippen molar-refractivity contribution >= 4 is 22.7 Å². The van der Waals surface area contributed by atoms with Crippen LogP contribution in [0, 0.1) is 45.6 Å². The Kier molecular flexibility index (Phi) is 7.87. The molecule has 1 aromatic carbocycles. The van der Waals surface area contributed by atoms with Gasteiger partial charge in [0.25, 0.3) is 5.91 Å². The van der Waals surface area contributed by atoms with Crippen molar-refractivity contribution in [2.24, 2.45) is 40.4 Å². The van der Waals surface area contributed by atoms with Crippen LogP contribution < -0.4 is 4.73 Å². The lowest BCUT2D eigenvalue weighted by Crippen LogP contribution is -2.62. The standard InChI is InChI=1S/C39H54N4O4/c1-25-10-13-30-29-12-11-28-22-35(44)34(23-39(28,3)31(29)14-15-38(25,30)2)40-17-19-41(20-18-40)37(46)33-9-6-16-42(33)36(45)27-21-26-7-4-5-8-32(26)43(47)24-27/h4-5,7-8,21,24-25,28-31,33-35,44H,6,9-20,22-23H2,1-3H3/t25-,28?,29?,30?,31?,33-,34-,35-,38+,39-/m0/s1. The monoisotopic (exact) mass is 642 g/mol. The molecule has 0 bridgehead atoms. The van der Waals surface area contributed by atoms with Gasteiger partial charge < -0.3 is 20.1 Å². The number of para-hydroxylation sites is 1. The zero-order valence-electron chi connectivity index (χ0n) is 28.7. The third-order valence-electron chi connectivity index (χ3n) is 15.0. The number of carbonyl (C=O) groups is 2. The SMILES string of the molecule is C[C@H]1CCC2C3CCC4C[C@H](O)[C@@H](N5CCN(C(=O)[C@@H]6CCCN6C(=O)c6cc7ccccc7[n+]([O-])c6)CC5)C[C@]4(C)C3CC[C@@]21C. The van der Waals surface area contributed by atoms with Gasteiger partial charge in [-0.15, -0.1) is 0 Å². The lowest BCUT2D eigenvalue weighted by Gasteiger charge is -2.62. The van der Waals surface area contributed by atoms with Crippen molar-refractivity contribution in [1.29, 1.82) is 0 Å². The number of likely N-dealkylation sites (tertiary alicyclic amines) is 1. The average molecular weight is 643 g/mol. The van der Waals surface area contributed by atoms with E-state index in [0.717, 1.165) is 66.1 Å². The van der Waals surface area contributed by atoms with Crippen LogP contribution in [-0.4, -0.2) is 82.5 Å². The van der Waals surface area contributed by atoms with Crippen LogP contribution in [-0.2, 0) is 4.79 Å². The number of amides is 2. The van der Waals surface area contributed by atoms with Gasteiger partial charge in [-0.3, -0.25) is 14.5 Å². The molecule has 8 rings (SSSR count). The zero-order chi connectivity index (χ0) is 32.7. The Balaban J connectivity index is 0.927. The third-order valence-corrected chi connectivity index (χ3v) is 15.0. The van der Waals surface area contributed by atoms with Crippen molar-refractivity contribution in [3.8, 4) is 0 Å². The summed E-state index contributed by atoms with van der Waals surface area (Å²) in [5.41, 5.74) is 1.66. The maximum atomic E-state index is 13.9. The molecule has 4 aliphatic carbocycles. The smallest absolute Gasteiger partial charge is 0.260 e. The molecule has 2 saturated heterocycles. The molecule has 4 unspecified atom stereocenters. The molecule has 254 valence electrons. The number of carbonyl (C=O) groups excluding carboxylic acids is 2. The normalized spacial score (nSPS) is 40.6. The van der Waals surface area contributed by atoms with Gasteiger partial charge in [0.2, 0.25) is 11.4 Å². The number of piperazine rings is 1. The maximum absolute atomic E-state index is 13.9. The Bertz CT molecular complexity index is 1540. The summed E-state index contributed by atoms with van der Waals surface area (Å²) >= 11 is 0. The topological polar surface area (TPSA) is 91.0 Å². The minimum absolute atomic E-state index is 0.0219. The second kappa shape index (κ2) is 11.7. The fraction of sp³-hybridized carbons (Fsp3) is 0.718. The number of pyridine rings is 1. The largest absolute Gasteiger partial charge is 0.618 e. The molecule has 47 heavy (non-hydrogen) atoms. The minimum Gasteiger partial charge on any atom is -0.618 e. The molecule has 2 aromatic rings. The molecule has 4 saturated carbocycles. The lowest BCUT2D eigenvalue weighted by molar-refractivity contribution is -0.577. The van der Waals surface area contributed by atoms with Gasteiger partial charge in [0.05, 0.1) is 6.10 Å². The first-order valence-electron chi connectivity index (χ1n) is 18.7. The van der Waals surface area contributed by atoms with Crippen LogP contribution in [0.4, 0.5) is 0 Å². The van der Waals surface area contributed by atoms with Crippen molar-refractivity contribution in [3.05, 3.63) is 47.3 Å². The highest BCUT2D eigenvalue weighted by Crippen LogP contribution is 2.67. The van der Waals surface area contributed by atoms with Gasteiger partial charge in [0.1, 0.15) is 11.6 Å². The van der Waals surface area contributed by atoms with Crippen LogP contribution in [0.25, 0.3) is 10.9 Å². The van der Waals surface area contributed by atoms with Gasteiger partial charge in [-0.1, -0.05) is 32.9 Å². The van der Waals surface area contributed by atoms with E-state index in [1.807, 2.05) is 23.1 Å². The highest BCUT2D eigenvalue weighted by atomic mass is 16.5. The second-order valence-electron chi connectivity index (χ2n) is 16.9. The summed E-state index contributed by atoms with van der Waals surface area (Å²) in [6, 6.07) is 8.68. The molecule has 2 aliphatic heterocycles. The van der Waals surface area contributed by atoms with E-state index >= 15 is 0 Å². The van der Waals surface area contributed by atoms with E-state index in [0.29, 0.717) is 48.5 Å². The number of hydrogen-bond donors (Lipinski definition) is 1. The van der Waals surface area contributed by atoms with Gasteiger partial charge in [-0.2, -0.15) is 4.73 Å². The van der Waals surface area contributed by atoms with E-state index in [1.54, 1.807) is 17.0 Å². The molecule has 8 nitrogen and oxygen atoms in total. The number of hydrogen-bond acceptors (Lipinski definition) is 5. The molecule has 0 radical (unpaired) electrons. The number of rotatable bonds is 3. The zero-order valence-corrected chi connectivity index (χ0v) is 28.7. The molecule has 6 aliphatic rings. The fourth-order valence-corrected chi connectivity index (χ4v) is 12.2. The minimum atomic E-state index is -0.491. The number of aliphatic hydroxyl groups excluding tert-OH is 1. The molecule has 1 N–H and O–H groups in total. The van der Waals surface area contributed by atoms with Crippen molar-refractivity contribution in [2.75, 3.05) is 32.7 Å². The van der Waals surface area contributed by atoms with Crippen LogP contribution in [0.15, 0.2) is 36.5 Å². The Morgan fingerprint density at radius 1 is 0.936 bits per heavy atom. The summed E-state index contributed by atoms with van der Waals surface area (Å²) in [5, 5.41) is 24.9. The van der Waals surface area contributed by atoms with Crippen LogP contribution >= 0.6 is 0 Å². The fourth-order valence-electron chi connectivity index (χ4n) is 12.2. The predicted octanol–water partition coefficient (Wildman–Crippen LogP) is 5.24. The first-order valence-corrected chi connectivity index (χ1v) is 18.7. The highest BCUT2D eigenvalue weighted by molar-refractivity contribution is 5.99. The van der Waals surface area contributed by atoms with Crippen LogP contribution in [0.2, 0.25) is 0 Å². The third kappa shape index (κ3) is 5.02. The predicted molar refractivity (Wildman–Crippen MR) is 181 cm³/mol. The number of benzene rings is 1. The van der Waals surface area contributed by atoms with Gasteiger partial charge in [0.15, 0.2) is 6.20 Å². The van der Waals surface area contributed by atoms with Gasteiger partial charge in [-0.05, 0) is 117 Å². The van der Waals surface area contributed by atoms with E-state index in [1.165, 1.54) is 44.7 Å². The summed E-state index contributed by atoms with van der Waals surface area (Å²) < 4.78 is 0.755. The molecule has 1 aromatic heterocycles. The summed E-state index contributed by atoms with van der Waals surface area (Å²) in [6.45, 7) is 11.0. The summed E-state index contributed by atoms with van der Waals surface area (Å²) in [6.07, 6.45) is 12.6. The Morgan fingerprint density at radius 3 is 2.51 bits per heavy atom. The molecule has 8 heteroatoms. The van der Waals surface area contributed by atoms with Crippen molar-refractivity contribution in [3.63, 3.8) is 0 Å². The average Bonchev–Trinajstić information content (AvgIpc) is 3.68. The molecule has 3 heterocycles. The number of nitrogens with zero attached hydrogens (tertiary/aromatic N) is 4. The molecule has 0 spiro atoms. The first-order chi connectivity index (χ1) is 22.6. The molecule has 10 atom stereocenters. The van der Waals surface area contributed by atoms with Gasteiger partial charge in [0, 0.05) is 50.2 Å². The van der Waals surface area contributed by atoms with Crippen molar-refractivity contribution in [1.82, 2.24) is 14.7 Å². The summed E-state index contributed by atoms with van der Waals surface area (Å²) in [5.74, 6) is 3.72. The van der Waals surface area contributed by atoms with E-state index < -0.39 is 6.04 Å². The van der Waals surface area contributed by atoms with E-state index in [2.05, 4.69) is 25.7 Å². The molecule has 6 fully saturated rings. The molecular weight excluding hydrogens is 588 g/mol. The Hall–Kier alpha value is -2.71. The summed E-state index contributed by atoms with van der Waals surface area (Å²) in [4.78, 5) is 33.7. The Labute approximate surface area is 280 Å². The van der Waals surface area contributed by atoms with E-state index in [4.69, 9.17) is 0 Å². The summed E-state index contributed by atoms with van der Waals surface area (Å²) in [7, 11) is 0. The lowest BCUT2D eigenvalue weighted by atomic mass is 9.44. The number of fused-ring (bicyclic) bond motifs is 6. The number of aliphatic hydroxyl groups is 1. The van der Waals surface area contributed by atoms with Gasteiger partial charge >= 0.3 is 0 Å². The molecular formula is C39H54N4O4. The van der Waals surface area contributed by atoms with Crippen LogP contribution in [0.1, 0.15) is 95.3 Å². The van der Waals surface area contributed by atoms with Crippen molar-refractivity contribution in [2.45, 2.75) is 103 Å². The first kappa shape index (κ1) is 31.6. The van der Waals surface area contributed by atoms with E-state index in [9.17, 15) is 19.9 Å². The maximum Gasteiger partial charge on any atom is 0.260 e. The van der Waals surface area contributed by atoms with Crippen molar-refractivity contribution < 1.29 is 19.4 Å². The van der Waals surface area contributed by atoms with Gasteiger partial charge in [-0.25, -0.2) is 0 Å². The molecule has 2 amide bonds. The van der Waals surface area contributed by atoms with Crippen LogP contribution in [0.3, 0.4) is 0 Å².